The summed E-state index contributed by atoms with van der Waals surface area (Å²) >= 11 is 0. The van der Waals surface area contributed by atoms with Gasteiger partial charge in [0.05, 0.1) is 184 Å². The first-order valence-electron chi connectivity index (χ1n) is 47.4. The van der Waals surface area contributed by atoms with Gasteiger partial charge in [0.2, 0.25) is 47.3 Å². The molecule has 0 aliphatic carbocycles. The second-order valence-electron chi connectivity index (χ2n) is 34.9. The Labute approximate surface area is 838 Å². The van der Waals surface area contributed by atoms with Crippen molar-refractivity contribution in [2.45, 2.75) is 57.4 Å². The van der Waals surface area contributed by atoms with Gasteiger partial charge in [-0.25, -0.2) is 0 Å². The van der Waals surface area contributed by atoms with Crippen molar-refractivity contribution in [3.05, 3.63) is 12.7 Å². The van der Waals surface area contributed by atoms with Gasteiger partial charge in [-0.3, -0.25) is 169 Å². The van der Waals surface area contributed by atoms with Crippen LogP contribution in [-0.2, 0) is 129 Å². The Kier molecular flexibility index (Phi) is 61.8. The van der Waals surface area contributed by atoms with E-state index in [1.165, 1.54) is 91.3 Å². The van der Waals surface area contributed by atoms with E-state index < -0.39 is 221 Å². The van der Waals surface area contributed by atoms with E-state index in [1.807, 2.05) is 0 Å². The Bertz CT molecular complexity index is 3970. The standard InChI is InChI=1S/C88H154N24O32/c1-13-15-98(49-72(117)118)17-19-100(51-74(121)122)20-18-99(50-73(119)120)16-14-89-64(2)84(134)90-48-71(116)97-88(61-94-68(113)45-91-85(135)65(3)110-39-33-101(52-75(123)124)21-23-103(54-77(127)138-6)25-29-106(35-41-110)57-80(130)141-9,62-95-69(114)46-92-86(136)66(4)111-40-34-102(53-76(125)126)22-24-104(55-78(128)139-7)26-30-107(36-42-111)58-81(131)142-10)63-96-70(115)47-93-87(137)67(5)112-43-37-108(59-82(132)143-11)31-27-105(56-79(129)140-8)28-32-109(38-44-112)60-83(133)144-12/h13,64-67,89H,1,14-63H2,2-12H3,(H,90,134)(H,91,135)(H,92,136)(H,93,137)(H,94,113)(H,95,114)(H,96,115)(H,97,116)(H,117,118)(H,119,120)(H,121,122)(H,123,124)(H,125,126). The molecule has 0 aromatic rings. The van der Waals surface area contributed by atoms with Crippen LogP contribution in [0.2, 0.25) is 0 Å². The van der Waals surface area contributed by atoms with E-state index in [0.717, 1.165) is 0 Å². The molecule has 3 saturated heterocycles. The third-order valence-electron chi connectivity index (χ3n) is 24.3. The molecule has 144 heavy (non-hydrogen) atoms. The fourth-order valence-electron chi connectivity index (χ4n) is 15.4. The zero-order chi connectivity index (χ0) is 107. The van der Waals surface area contributed by atoms with Gasteiger partial charge in [-0.1, -0.05) is 6.08 Å². The average Bonchev–Trinajstić information content (AvgIpc) is 0.836. The van der Waals surface area contributed by atoms with Gasteiger partial charge in [0, 0.05) is 223 Å². The van der Waals surface area contributed by atoms with Crippen LogP contribution in [-0.4, -0.2) is 625 Å². The molecule has 14 N–H and O–H groups in total. The molecule has 3 heterocycles. The van der Waals surface area contributed by atoms with Crippen LogP contribution in [0, 0.1) is 0 Å². The number of hydrogen-bond donors (Lipinski definition) is 14. The molecular formula is C88H154N24O32. The second-order valence-corrected chi connectivity index (χ2v) is 34.9. The first-order valence-corrected chi connectivity index (χ1v) is 47.4. The average molecular weight is 2060 g/mol. The quantitative estimate of drug-likeness (QED) is 0.0153. The van der Waals surface area contributed by atoms with Gasteiger partial charge in [-0.15, -0.1) is 6.58 Å². The van der Waals surface area contributed by atoms with E-state index >= 15 is 0 Å². The maximum atomic E-state index is 14.8. The number of carboxylic acid groups (broad SMARTS) is 5. The summed E-state index contributed by atoms with van der Waals surface area (Å²) in [6.45, 7) is 4.45. The van der Waals surface area contributed by atoms with Gasteiger partial charge < -0.3 is 107 Å². The van der Waals surface area contributed by atoms with Crippen LogP contribution in [0.3, 0.4) is 0 Å². The minimum absolute atomic E-state index is 0.00687. The van der Waals surface area contributed by atoms with E-state index in [-0.39, 0.29) is 255 Å². The largest absolute Gasteiger partial charge is 0.480 e. The Hall–Kier alpha value is -11.5. The fourth-order valence-corrected chi connectivity index (χ4v) is 15.4. The molecule has 56 heteroatoms. The Morgan fingerprint density at radius 1 is 0.292 bits per heavy atom. The minimum atomic E-state index is -2.15. The van der Waals surface area contributed by atoms with Crippen molar-refractivity contribution in [2.75, 3.05) is 377 Å². The van der Waals surface area contributed by atoms with Crippen LogP contribution in [0.15, 0.2) is 12.7 Å². The van der Waals surface area contributed by atoms with Crippen molar-refractivity contribution in [3.63, 3.8) is 0 Å². The molecule has 3 rings (SSSR count). The van der Waals surface area contributed by atoms with E-state index in [0.29, 0.717) is 0 Å². The number of carbonyl (C=O) groups excluding carboxylic acids is 15. The molecular weight excluding hydrogens is 1910 g/mol. The number of aliphatic carboxylic acids is 5. The molecule has 8 amide bonds. The number of esters is 7. The molecule has 56 nitrogen and oxygen atoms in total. The molecule has 0 radical (unpaired) electrons. The van der Waals surface area contributed by atoms with Gasteiger partial charge in [0.25, 0.3) is 0 Å². The molecule has 0 saturated carbocycles. The number of carbonyl (C=O) groups is 20. The highest BCUT2D eigenvalue weighted by Crippen LogP contribution is 2.13. The summed E-state index contributed by atoms with van der Waals surface area (Å²) in [5.74, 6) is -16.8. The monoisotopic (exact) mass is 2060 g/mol. The van der Waals surface area contributed by atoms with E-state index in [1.54, 1.807) is 65.7 Å². The number of carboxylic acids is 5. The van der Waals surface area contributed by atoms with Gasteiger partial charge in [-0.05, 0) is 27.7 Å². The maximum absolute atomic E-state index is 14.8. The number of methoxy groups -OCH3 is 7. The predicted octanol–water partition coefficient (Wildman–Crippen LogP) is -12.8. The summed E-state index contributed by atoms with van der Waals surface area (Å²) in [5, 5.41) is 73.0. The zero-order valence-electron chi connectivity index (χ0n) is 84.9. The number of amides is 8. The van der Waals surface area contributed by atoms with Gasteiger partial charge in [0.15, 0.2) is 0 Å². The summed E-state index contributed by atoms with van der Waals surface area (Å²) in [7, 11) is 8.53. The second kappa shape index (κ2) is 70.3. The maximum Gasteiger partial charge on any atom is 0.319 e. The van der Waals surface area contributed by atoms with Gasteiger partial charge in [-0.2, -0.15) is 0 Å². The van der Waals surface area contributed by atoms with Crippen molar-refractivity contribution in [2.24, 2.45) is 0 Å². The lowest BCUT2D eigenvalue weighted by Gasteiger charge is -2.36. The lowest BCUT2D eigenvalue weighted by atomic mass is 9.98. The van der Waals surface area contributed by atoms with E-state index in [9.17, 15) is 121 Å². The molecule has 0 bridgehead atoms. The minimum Gasteiger partial charge on any atom is -0.480 e. The van der Waals surface area contributed by atoms with Crippen molar-refractivity contribution in [1.82, 2.24) is 121 Å². The predicted molar refractivity (Wildman–Crippen MR) is 512 cm³/mol. The number of hydrogen-bond acceptors (Lipinski definition) is 43. The number of ether oxygens (including phenoxy) is 7. The lowest BCUT2D eigenvalue weighted by Crippen LogP contribution is -2.68. The Morgan fingerprint density at radius 3 is 0.743 bits per heavy atom. The van der Waals surface area contributed by atoms with Crippen LogP contribution >= 0.6 is 0 Å². The van der Waals surface area contributed by atoms with Crippen LogP contribution in [0.25, 0.3) is 0 Å². The number of rotatable bonds is 58. The highest BCUT2D eigenvalue weighted by Gasteiger charge is 2.38. The molecule has 0 aromatic carbocycles. The molecule has 818 valence electrons. The van der Waals surface area contributed by atoms with E-state index in [4.69, 9.17) is 33.2 Å². The van der Waals surface area contributed by atoms with Crippen LogP contribution < -0.4 is 47.9 Å². The first-order chi connectivity index (χ1) is 68.4. The summed E-state index contributed by atoms with van der Waals surface area (Å²) < 4.78 is 34.7. The van der Waals surface area contributed by atoms with E-state index in [2.05, 4.69) is 54.4 Å². The zero-order valence-corrected chi connectivity index (χ0v) is 84.9. The van der Waals surface area contributed by atoms with Crippen LogP contribution in [0.5, 0.6) is 0 Å². The topological polar surface area (TPSA) is 664 Å². The van der Waals surface area contributed by atoms with Gasteiger partial charge in [0.1, 0.15) is 0 Å². The SMILES string of the molecule is C=CCN(CCN(CCN(CCNC(C)C(=O)NCC(=O)NC(CNC(=O)CNC(=O)C(C)N1CCN(CC(=O)O)CCN(CC(=O)OC)CCN(CC(=O)OC)CC1)(CNC(=O)CNC(=O)C(C)N1CCN(CC(=O)O)CCN(CC(=O)OC)CCN(CC(=O)OC)CC1)CNC(=O)CNC(=O)C(C)N1CCN(CC(=O)OC)CCN(CC(=O)OC)CCN(CC(=O)OC)CC1)CC(=O)O)CC(=O)O)CC(=O)O. The molecule has 3 aliphatic heterocycles. The lowest BCUT2D eigenvalue weighted by molar-refractivity contribution is -0.144. The molecule has 3 aliphatic rings. The molecule has 3 fully saturated rings. The number of nitrogens with one attached hydrogen (secondary N) is 9. The van der Waals surface area contributed by atoms with Crippen molar-refractivity contribution in [3.8, 4) is 0 Å². The van der Waals surface area contributed by atoms with Crippen molar-refractivity contribution < 1.29 is 155 Å². The van der Waals surface area contributed by atoms with Crippen molar-refractivity contribution >= 4 is 119 Å². The third kappa shape index (κ3) is 54.4. The summed E-state index contributed by atoms with van der Waals surface area (Å²) in [6, 6.07) is -4.37. The molecule has 4 unspecified atom stereocenters. The normalized spacial score (nSPS) is 17.5. The summed E-state index contributed by atoms with van der Waals surface area (Å²) in [5.41, 5.74) is -2.15. The third-order valence-corrected chi connectivity index (χ3v) is 24.3. The van der Waals surface area contributed by atoms with Crippen LogP contribution in [0.4, 0.5) is 0 Å². The smallest absolute Gasteiger partial charge is 0.319 e. The molecule has 4 atom stereocenters. The summed E-state index contributed by atoms with van der Waals surface area (Å²) in [4.78, 5) is 290. The highest BCUT2D eigenvalue weighted by atomic mass is 16.5. The Balaban J connectivity index is 2.22. The first kappa shape index (κ1) is 127. The van der Waals surface area contributed by atoms with Crippen LogP contribution in [0.1, 0.15) is 27.7 Å². The number of nitrogens with zero attached hydrogens (tertiary/aromatic N) is 15. The Morgan fingerprint density at radius 2 is 0.507 bits per heavy atom. The fraction of sp³-hybridized carbons (Fsp3) is 0.750. The van der Waals surface area contributed by atoms with Gasteiger partial charge >= 0.3 is 71.6 Å². The molecule has 0 aromatic heterocycles. The van der Waals surface area contributed by atoms with Crippen molar-refractivity contribution in [1.29, 1.82) is 0 Å². The highest BCUT2D eigenvalue weighted by molar-refractivity contribution is 5.91. The molecule has 0 spiro atoms. The summed E-state index contributed by atoms with van der Waals surface area (Å²) in [6.07, 6.45) is 1.49.